The summed E-state index contributed by atoms with van der Waals surface area (Å²) in [6.45, 7) is 8.97. The van der Waals surface area contributed by atoms with Gasteiger partial charge in [0.1, 0.15) is 48.3 Å². The van der Waals surface area contributed by atoms with Crippen LogP contribution in [0.3, 0.4) is 0 Å². The van der Waals surface area contributed by atoms with E-state index in [1.165, 1.54) is 0 Å². The van der Waals surface area contributed by atoms with Crippen molar-refractivity contribution in [2.24, 2.45) is 29.0 Å². The number of nitrogens with one attached hydrogen (secondary N) is 10. The van der Waals surface area contributed by atoms with E-state index < -0.39 is 108 Å². The van der Waals surface area contributed by atoms with Gasteiger partial charge in [0.05, 0.1) is 12.5 Å². The molecule has 0 bridgehead atoms. The number of hydrogen-bond donors (Lipinski definition) is 14. The second kappa shape index (κ2) is 35.0. The number of hydrogen-bond acceptors (Lipinski definition) is 13. The van der Waals surface area contributed by atoms with Crippen LogP contribution >= 0.6 is 0 Å². The van der Waals surface area contributed by atoms with Gasteiger partial charge in [-0.05, 0) is 93.6 Å². The Morgan fingerprint density at radius 1 is 0.617 bits per heavy atom. The third kappa shape index (κ3) is 22.8. The van der Waals surface area contributed by atoms with Crippen molar-refractivity contribution in [1.29, 1.82) is 0 Å². The number of aliphatic hydroxyl groups excluding tert-OH is 1. The normalized spacial score (nSPS) is 22.1. The van der Waals surface area contributed by atoms with E-state index in [9.17, 15) is 48.3 Å². The van der Waals surface area contributed by atoms with E-state index in [0.29, 0.717) is 17.5 Å². The van der Waals surface area contributed by atoms with Crippen LogP contribution < -0.4 is 65.1 Å². The fourth-order valence-corrected chi connectivity index (χ4v) is 9.69. The maximum Gasteiger partial charge on any atom is 0.243 e. The first kappa shape index (κ1) is 66.6. The molecule has 1 aliphatic heterocycles. The number of H-pyrrole nitrogens is 1. The summed E-state index contributed by atoms with van der Waals surface area (Å²) in [5, 5.41) is 36.3. The summed E-state index contributed by atoms with van der Waals surface area (Å²) in [7, 11) is 0. The van der Waals surface area contributed by atoms with Gasteiger partial charge in [-0.25, -0.2) is 0 Å². The van der Waals surface area contributed by atoms with E-state index in [2.05, 4.69) is 59.8 Å². The van der Waals surface area contributed by atoms with Gasteiger partial charge in [0.2, 0.25) is 53.2 Å². The van der Waals surface area contributed by atoms with Gasteiger partial charge in [-0.3, -0.25) is 43.2 Å². The number of aromatic nitrogens is 1. The molecule has 23 heteroatoms. The number of rotatable bonds is 25. The maximum atomic E-state index is 14.7. The largest absolute Gasteiger partial charge is 0.393 e. The van der Waals surface area contributed by atoms with Gasteiger partial charge in [-0.2, -0.15) is 0 Å². The molecule has 448 valence electrons. The summed E-state index contributed by atoms with van der Waals surface area (Å²) in [4.78, 5) is 132. The highest BCUT2D eigenvalue weighted by Crippen LogP contribution is 2.20. The Hall–Kier alpha value is -6.95. The van der Waals surface area contributed by atoms with E-state index in [1.54, 1.807) is 36.5 Å². The first-order valence-corrected chi connectivity index (χ1v) is 28.8. The first-order chi connectivity index (χ1) is 38.8. The molecule has 81 heavy (non-hydrogen) atoms. The van der Waals surface area contributed by atoms with Gasteiger partial charge in [0.15, 0.2) is 0 Å². The number of aromatic amines is 1. The highest BCUT2D eigenvalue weighted by atomic mass is 16.3. The van der Waals surface area contributed by atoms with Gasteiger partial charge in [-0.1, -0.05) is 115 Å². The smallest absolute Gasteiger partial charge is 0.243 e. The molecule has 9 atom stereocenters. The highest BCUT2D eigenvalue weighted by molar-refractivity contribution is 5.98. The van der Waals surface area contributed by atoms with Crippen LogP contribution in [0.5, 0.6) is 0 Å². The number of benzene rings is 2. The molecule has 23 nitrogen and oxygen atoms in total. The van der Waals surface area contributed by atoms with Crippen LogP contribution in [0.4, 0.5) is 0 Å². The van der Waals surface area contributed by atoms with Crippen molar-refractivity contribution in [3.8, 4) is 0 Å². The lowest BCUT2D eigenvalue weighted by Crippen LogP contribution is -2.61. The average Bonchev–Trinajstić information content (AvgIpc) is 3.83. The lowest BCUT2D eigenvalue weighted by Gasteiger charge is -2.28. The molecule has 0 radical (unpaired) electrons. The van der Waals surface area contributed by atoms with Crippen molar-refractivity contribution in [2.75, 3.05) is 26.2 Å². The number of amides is 9. The zero-order valence-corrected chi connectivity index (χ0v) is 47.9. The topological polar surface area (TPSA) is 376 Å². The summed E-state index contributed by atoms with van der Waals surface area (Å²) in [5.74, 6) is -7.05. The minimum absolute atomic E-state index is 0.0433. The number of fused-ring (bicyclic) bond motifs is 1. The van der Waals surface area contributed by atoms with Crippen LogP contribution in [0, 0.1) is 11.8 Å². The van der Waals surface area contributed by atoms with Crippen molar-refractivity contribution in [2.45, 2.75) is 185 Å². The Morgan fingerprint density at radius 2 is 1.11 bits per heavy atom. The number of unbranched alkanes of at least 4 members (excludes halogenated alkanes) is 4. The summed E-state index contributed by atoms with van der Waals surface area (Å²) < 4.78 is 0. The van der Waals surface area contributed by atoms with Crippen molar-refractivity contribution < 1.29 is 48.3 Å². The summed E-state index contributed by atoms with van der Waals surface area (Å²) >= 11 is 0. The van der Waals surface area contributed by atoms with Crippen LogP contribution in [0.25, 0.3) is 10.9 Å². The predicted octanol–water partition coefficient (Wildman–Crippen LogP) is 0.601. The molecule has 9 amide bonds. The lowest BCUT2D eigenvalue weighted by molar-refractivity contribution is -0.136. The first-order valence-electron chi connectivity index (χ1n) is 28.8. The van der Waals surface area contributed by atoms with Crippen LogP contribution in [-0.4, -0.2) is 144 Å². The van der Waals surface area contributed by atoms with E-state index in [-0.39, 0.29) is 95.8 Å². The average molecular weight is 1130 g/mol. The van der Waals surface area contributed by atoms with Crippen LogP contribution in [0.1, 0.15) is 129 Å². The van der Waals surface area contributed by atoms with Crippen LogP contribution in [0.2, 0.25) is 0 Å². The van der Waals surface area contributed by atoms with Crippen molar-refractivity contribution in [1.82, 2.24) is 52.8 Å². The molecular formula is C58H91N13O10. The summed E-state index contributed by atoms with van der Waals surface area (Å²) in [6, 6.07) is 5.71. The third-order valence-corrected chi connectivity index (χ3v) is 14.0. The fraction of sp³-hybridized carbons (Fsp3) is 0.603. The Morgan fingerprint density at radius 3 is 1.68 bits per heavy atom. The van der Waals surface area contributed by atoms with Crippen molar-refractivity contribution in [3.05, 3.63) is 71.9 Å². The Balaban J connectivity index is 1.78. The molecule has 2 heterocycles. The van der Waals surface area contributed by atoms with Crippen LogP contribution in [0.15, 0.2) is 60.8 Å². The quantitative estimate of drug-likeness (QED) is 0.0518. The Bertz CT molecular complexity index is 2510. The number of para-hydroxylation sites is 1. The van der Waals surface area contributed by atoms with Crippen molar-refractivity contribution >= 4 is 64.1 Å². The predicted molar refractivity (Wildman–Crippen MR) is 309 cm³/mol. The molecule has 0 saturated carbocycles. The van der Waals surface area contributed by atoms with Gasteiger partial charge in [0, 0.05) is 36.5 Å². The minimum Gasteiger partial charge on any atom is -0.393 e. The molecule has 1 aliphatic rings. The second-order valence-corrected chi connectivity index (χ2v) is 21.9. The number of aliphatic hydroxyl groups is 1. The van der Waals surface area contributed by atoms with Gasteiger partial charge >= 0.3 is 0 Å². The third-order valence-electron chi connectivity index (χ3n) is 14.0. The molecule has 2 aromatic carbocycles. The molecule has 17 N–H and O–H groups in total. The summed E-state index contributed by atoms with van der Waals surface area (Å²) in [5.41, 5.74) is 20.0. The van der Waals surface area contributed by atoms with E-state index in [4.69, 9.17) is 17.2 Å². The Labute approximate surface area is 476 Å². The standard InChI is InChI=1S/C58H91N13O10/c1-6-7-8-9-13-18-39(72)33-50(73)64-49(32-38-34-63-41-20-15-14-19-40(38)41)58(81)68-45-24-28-62-51(74)46(29-35(2)3)69-53(76)43(22-26-60)65-52(75)42(21-25-59)67-56(79)47(30-36(4)5)70-57(80)48(31-37-16-11-10-12-17-37)71-54(77)44(23-27-61)66-55(45)78/h10-12,14-17,19-20,34-36,39,42-49,63,72H,6-9,13,18,21-33,59-61H2,1-5H3,(H,62,74)(H,64,73)(H,65,75)(H,66,78)(H,67,79)(H,68,81)(H,69,76)(H,70,80)(H,71,77)/t39-,42+,43+,44+,45+,46+,47+,48-,49-/m1/s1. The molecule has 4 rings (SSSR count). The molecule has 0 unspecified atom stereocenters. The van der Waals surface area contributed by atoms with Gasteiger partial charge < -0.3 is 75.1 Å². The monoisotopic (exact) mass is 1130 g/mol. The molecule has 0 aliphatic carbocycles. The molecular weight excluding hydrogens is 1040 g/mol. The fourth-order valence-electron chi connectivity index (χ4n) is 9.69. The number of carbonyl (C=O) groups is 9. The molecule has 0 spiro atoms. The molecule has 1 fully saturated rings. The lowest BCUT2D eigenvalue weighted by atomic mass is 10.00. The van der Waals surface area contributed by atoms with Gasteiger partial charge in [-0.15, -0.1) is 0 Å². The minimum atomic E-state index is -1.49. The summed E-state index contributed by atoms with van der Waals surface area (Å²) in [6.07, 6.45) is 5.20. The SMILES string of the molecule is CCCCCCC[C@@H](O)CC(=O)N[C@H](Cc1c[nH]c2ccccc12)C(=O)N[C@H]1CCNC(=O)[C@H](CC(C)C)NC(=O)[C@H](CCN)NC(=O)[C@H](CCN)NC(=O)[C@H](CC(C)C)NC(=O)[C@@H](Cc2ccccc2)NC(=O)[C@H](CCN)NC1=O. The molecule has 1 saturated heterocycles. The van der Waals surface area contributed by atoms with E-state index >= 15 is 0 Å². The zero-order chi connectivity index (χ0) is 59.4. The molecule has 1 aromatic heterocycles. The van der Waals surface area contributed by atoms with Crippen molar-refractivity contribution in [3.63, 3.8) is 0 Å². The van der Waals surface area contributed by atoms with Crippen LogP contribution in [-0.2, 0) is 56.0 Å². The maximum absolute atomic E-state index is 14.7. The highest BCUT2D eigenvalue weighted by Gasteiger charge is 2.36. The Kier molecular flexibility index (Phi) is 28.8. The van der Waals surface area contributed by atoms with Gasteiger partial charge in [0.25, 0.3) is 0 Å². The second-order valence-electron chi connectivity index (χ2n) is 21.9. The van der Waals surface area contributed by atoms with E-state index in [1.807, 2.05) is 52.0 Å². The zero-order valence-electron chi connectivity index (χ0n) is 47.9. The number of nitrogens with two attached hydrogens (primary N) is 3. The number of carbonyl (C=O) groups excluding carboxylic acids is 9. The van der Waals surface area contributed by atoms with E-state index in [0.717, 1.165) is 43.0 Å². The molecule has 3 aromatic rings.